The number of benzene rings is 1. The van der Waals surface area contributed by atoms with Crippen molar-refractivity contribution in [3.63, 3.8) is 0 Å². The maximum absolute atomic E-state index is 12.0. The van der Waals surface area contributed by atoms with E-state index in [-0.39, 0.29) is 24.0 Å². The lowest BCUT2D eigenvalue weighted by Crippen LogP contribution is -2.32. The summed E-state index contributed by atoms with van der Waals surface area (Å²) in [6.45, 7) is 1.03. The number of fused-ring (bicyclic) bond motifs is 2. The number of rotatable bonds is 6. The highest BCUT2D eigenvalue weighted by atomic mass is 16.3. The number of hydrogen-bond acceptors (Lipinski definition) is 3. The fourth-order valence-electron chi connectivity index (χ4n) is 4.11. The monoisotopic (exact) mass is 338 g/mol. The number of furan rings is 1. The molecule has 4 rings (SSSR count). The van der Waals surface area contributed by atoms with Gasteiger partial charge in [-0.15, -0.1) is 0 Å². The Morgan fingerprint density at radius 1 is 1.16 bits per heavy atom. The minimum Gasteiger partial charge on any atom is -0.459 e. The van der Waals surface area contributed by atoms with Gasteiger partial charge in [0.1, 0.15) is 0 Å². The minimum atomic E-state index is -0.290. The van der Waals surface area contributed by atoms with Crippen molar-refractivity contribution < 1.29 is 14.0 Å². The predicted molar refractivity (Wildman–Crippen MR) is 93.2 cm³/mol. The molecular weight excluding hydrogens is 316 g/mol. The Labute approximate surface area is 146 Å². The van der Waals surface area contributed by atoms with Gasteiger partial charge in [-0.2, -0.15) is 0 Å². The first-order chi connectivity index (χ1) is 12.2. The molecule has 25 heavy (non-hydrogen) atoms. The molecular formula is C20H22N2O3. The first-order valence-corrected chi connectivity index (χ1v) is 8.86. The van der Waals surface area contributed by atoms with Crippen molar-refractivity contribution in [2.45, 2.75) is 31.1 Å². The molecule has 5 nitrogen and oxygen atoms in total. The zero-order valence-corrected chi connectivity index (χ0v) is 14.1. The van der Waals surface area contributed by atoms with Crippen LogP contribution in [0, 0.1) is 5.92 Å². The van der Waals surface area contributed by atoms with Crippen LogP contribution in [0.25, 0.3) is 0 Å². The molecule has 1 fully saturated rings. The van der Waals surface area contributed by atoms with Crippen molar-refractivity contribution >= 4 is 11.8 Å². The second-order valence-corrected chi connectivity index (χ2v) is 7.00. The zero-order chi connectivity index (χ0) is 17.3. The van der Waals surface area contributed by atoms with Gasteiger partial charge < -0.3 is 15.1 Å². The summed E-state index contributed by atoms with van der Waals surface area (Å²) in [5, 5.41) is 5.71. The summed E-state index contributed by atoms with van der Waals surface area (Å²) in [5.74, 6) is 0.493. The van der Waals surface area contributed by atoms with Crippen LogP contribution >= 0.6 is 0 Å². The second kappa shape index (κ2) is 6.39. The molecule has 2 atom stereocenters. The van der Waals surface area contributed by atoms with Gasteiger partial charge in [0.25, 0.3) is 5.91 Å². The van der Waals surface area contributed by atoms with Crippen LogP contribution in [-0.4, -0.2) is 24.9 Å². The molecule has 5 heteroatoms. The fraction of sp³-hybridized carbons (Fsp3) is 0.400. The van der Waals surface area contributed by atoms with E-state index < -0.39 is 0 Å². The van der Waals surface area contributed by atoms with Crippen molar-refractivity contribution in [1.82, 2.24) is 10.6 Å². The van der Waals surface area contributed by atoms with Crippen molar-refractivity contribution in [2.75, 3.05) is 13.1 Å². The molecule has 130 valence electrons. The molecule has 2 aliphatic rings. The summed E-state index contributed by atoms with van der Waals surface area (Å²) < 4.78 is 5.01. The van der Waals surface area contributed by atoms with Crippen LogP contribution in [0.4, 0.5) is 0 Å². The Hall–Kier alpha value is -2.56. The van der Waals surface area contributed by atoms with E-state index in [1.807, 2.05) is 0 Å². The molecule has 0 bridgehead atoms. The standard InChI is InChI=1S/C20H22N2O3/c23-18(8-10-21-19(24)17-6-3-11-25-17)22-13-15-12-20(15)9-7-14-4-1-2-5-16(14)20/h1-6,11,15H,7-10,12-13H2,(H,21,24)(H,22,23)/t15-,20+/m1/s1. The number of amides is 2. The summed E-state index contributed by atoms with van der Waals surface area (Å²) in [6.07, 6.45) is 5.25. The molecule has 0 saturated heterocycles. The third-order valence-electron chi connectivity index (χ3n) is 5.55. The second-order valence-electron chi connectivity index (χ2n) is 7.00. The predicted octanol–water partition coefficient (Wildman–Crippen LogP) is 2.42. The van der Waals surface area contributed by atoms with Crippen molar-refractivity contribution in [3.8, 4) is 0 Å². The molecule has 1 aromatic carbocycles. The largest absolute Gasteiger partial charge is 0.459 e. The fourth-order valence-corrected chi connectivity index (χ4v) is 4.11. The molecule has 0 radical (unpaired) electrons. The van der Waals surface area contributed by atoms with E-state index in [1.165, 1.54) is 30.2 Å². The van der Waals surface area contributed by atoms with Gasteiger partial charge in [-0.3, -0.25) is 9.59 Å². The van der Waals surface area contributed by atoms with Gasteiger partial charge in [0.05, 0.1) is 6.26 Å². The number of carbonyl (C=O) groups is 2. The van der Waals surface area contributed by atoms with Gasteiger partial charge in [-0.05, 0) is 48.4 Å². The van der Waals surface area contributed by atoms with Crippen LogP contribution in [0.2, 0.25) is 0 Å². The number of nitrogens with one attached hydrogen (secondary N) is 2. The van der Waals surface area contributed by atoms with Crippen molar-refractivity contribution in [1.29, 1.82) is 0 Å². The lowest BCUT2D eigenvalue weighted by atomic mass is 9.95. The average Bonchev–Trinajstić information content (AvgIpc) is 2.98. The molecule has 1 aromatic heterocycles. The smallest absolute Gasteiger partial charge is 0.286 e. The lowest BCUT2D eigenvalue weighted by molar-refractivity contribution is -0.121. The van der Waals surface area contributed by atoms with E-state index in [0.29, 0.717) is 17.9 Å². The number of hydrogen-bond donors (Lipinski definition) is 2. The van der Waals surface area contributed by atoms with E-state index in [0.717, 1.165) is 13.0 Å². The molecule has 2 amide bonds. The van der Waals surface area contributed by atoms with E-state index >= 15 is 0 Å². The maximum atomic E-state index is 12.0. The topological polar surface area (TPSA) is 71.3 Å². The quantitative estimate of drug-likeness (QED) is 0.850. The zero-order valence-electron chi connectivity index (χ0n) is 14.1. The minimum absolute atomic E-state index is 0.0203. The third kappa shape index (κ3) is 3.06. The number of aryl methyl sites for hydroxylation is 1. The molecule has 1 saturated carbocycles. The molecule has 2 aromatic rings. The highest BCUT2D eigenvalue weighted by Gasteiger charge is 2.57. The van der Waals surface area contributed by atoms with Gasteiger partial charge >= 0.3 is 0 Å². The maximum Gasteiger partial charge on any atom is 0.286 e. The van der Waals surface area contributed by atoms with Crippen LogP contribution in [0.15, 0.2) is 47.1 Å². The van der Waals surface area contributed by atoms with E-state index in [1.54, 1.807) is 12.1 Å². The molecule has 0 aliphatic heterocycles. The Morgan fingerprint density at radius 2 is 2.04 bits per heavy atom. The molecule has 2 N–H and O–H groups in total. The van der Waals surface area contributed by atoms with Crippen LogP contribution in [0.1, 0.15) is 40.9 Å². The van der Waals surface area contributed by atoms with Crippen LogP contribution in [0.3, 0.4) is 0 Å². The molecule has 0 unspecified atom stereocenters. The normalized spacial score (nSPS) is 23.3. The van der Waals surface area contributed by atoms with Gasteiger partial charge in [0.15, 0.2) is 5.76 Å². The summed E-state index contributed by atoms with van der Waals surface area (Å²) in [5.41, 5.74) is 3.26. The van der Waals surface area contributed by atoms with E-state index in [9.17, 15) is 9.59 Å². The molecule has 1 heterocycles. The summed E-state index contributed by atoms with van der Waals surface area (Å²) in [4.78, 5) is 23.7. The SMILES string of the molecule is O=C(CCNC(=O)c1ccco1)NC[C@H]1C[C@@]12CCc1ccccc12. The molecule has 2 aliphatic carbocycles. The van der Waals surface area contributed by atoms with Crippen LogP contribution in [-0.2, 0) is 16.6 Å². The van der Waals surface area contributed by atoms with Gasteiger partial charge in [0.2, 0.25) is 5.91 Å². The van der Waals surface area contributed by atoms with Crippen LogP contribution < -0.4 is 10.6 Å². The summed E-state index contributed by atoms with van der Waals surface area (Å²) >= 11 is 0. The Balaban J connectivity index is 1.20. The molecule has 1 spiro atoms. The van der Waals surface area contributed by atoms with Gasteiger partial charge in [-0.1, -0.05) is 24.3 Å². The number of carbonyl (C=O) groups excluding carboxylic acids is 2. The van der Waals surface area contributed by atoms with Crippen LogP contribution in [0.5, 0.6) is 0 Å². The van der Waals surface area contributed by atoms with Crippen molar-refractivity contribution in [3.05, 3.63) is 59.5 Å². The van der Waals surface area contributed by atoms with Crippen molar-refractivity contribution in [2.24, 2.45) is 5.92 Å². The highest BCUT2D eigenvalue weighted by molar-refractivity contribution is 5.91. The van der Waals surface area contributed by atoms with E-state index in [2.05, 4.69) is 34.9 Å². The Morgan fingerprint density at radius 3 is 2.88 bits per heavy atom. The third-order valence-corrected chi connectivity index (χ3v) is 5.55. The summed E-state index contributed by atoms with van der Waals surface area (Å²) in [6, 6.07) is 11.9. The average molecular weight is 338 g/mol. The first-order valence-electron chi connectivity index (χ1n) is 8.86. The Bertz CT molecular complexity index is 784. The first kappa shape index (κ1) is 15.9. The van der Waals surface area contributed by atoms with Gasteiger partial charge in [-0.25, -0.2) is 0 Å². The summed E-state index contributed by atoms with van der Waals surface area (Å²) in [7, 11) is 0. The highest BCUT2D eigenvalue weighted by Crippen LogP contribution is 2.61. The Kier molecular flexibility index (Phi) is 4.07. The lowest BCUT2D eigenvalue weighted by Gasteiger charge is -2.12. The van der Waals surface area contributed by atoms with E-state index in [4.69, 9.17) is 4.42 Å². The van der Waals surface area contributed by atoms with Gasteiger partial charge in [0, 0.05) is 24.9 Å².